The highest BCUT2D eigenvalue weighted by Crippen LogP contribution is 2.19. The molecule has 0 aromatic carbocycles. The van der Waals surface area contributed by atoms with Crippen LogP contribution in [0.1, 0.15) is 12.8 Å². The summed E-state index contributed by atoms with van der Waals surface area (Å²) in [7, 11) is 0. The standard InChI is InChI=1S/C10H13BrN6O/c1-2-12-10-14-5-7(11)9(17-10)13-4-3-8-15-6-16-18-8/h5-6H,2-4H2,1H3,(H2,12,13,14,17). The smallest absolute Gasteiger partial charge is 0.228 e. The van der Waals surface area contributed by atoms with Gasteiger partial charge in [0.25, 0.3) is 0 Å². The molecule has 2 N–H and O–H groups in total. The Labute approximate surface area is 113 Å². The highest BCUT2D eigenvalue weighted by molar-refractivity contribution is 9.10. The molecule has 0 aliphatic carbocycles. The summed E-state index contributed by atoms with van der Waals surface area (Å²) in [6, 6.07) is 0. The number of hydrogen-bond acceptors (Lipinski definition) is 7. The van der Waals surface area contributed by atoms with E-state index in [1.807, 2.05) is 6.92 Å². The molecule has 18 heavy (non-hydrogen) atoms. The molecule has 0 spiro atoms. The summed E-state index contributed by atoms with van der Waals surface area (Å²) in [5.41, 5.74) is 0. The Morgan fingerprint density at radius 2 is 2.22 bits per heavy atom. The van der Waals surface area contributed by atoms with E-state index < -0.39 is 0 Å². The van der Waals surface area contributed by atoms with E-state index >= 15 is 0 Å². The van der Waals surface area contributed by atoms with Gasteiger partial charge in [0.15, 0.2) is 6.33 Å². The topological polar surface area (TPSA) is 88.8 Å². The van der Waals surface area contributed by atoms with E-state index in [2.05, 4.69) is 46.7 Å². The normalized spacial score (nSPS) is 10.3. The summed E-state index contributed by atoms with van der Waals surface area (Å²) in [5.74, 6) is 1.93. The molecular formula is C10H13BrN6O. The lowest BCUT2D eigenvalue weighted by molar-refractivity contribution is 0.379. The molecular weight excluding hydrogens is 300 g/mol. The first kappa shape index (κ1) is 12.7. The number of nitrogens with one attached hydrogen (secondary N) is 2. The van der Waals surface area contributed by atoms with E-state index in [0.29, 0.717) is 24.8 Å². The van der Waals surface area contributed by atoms with Crippen molar-refractivity contribution in [3.05, 3.63) is 22.9 Å². The molecule has 0 atom stereocenters. The molecule has 2 aromatic rings. The number of rotatable bonds is 6. The maximum Gasteiger partial charge on any atom is 0.228 e. The molecule has 0 radical (unpaired) electrons. The molecule has 0 aliphatic heterocycles. The van der Waals surface area contributed by atoms with Crippen molar-refractivity contribution in [2.24, 2.45) is 0 Å². The first-order valence-corrected chi connectivity index (χ1v) is 6.34. The van der Waals surface area contributed by atoms with Crippen molar-refractivity contribution < 1.29 is 4.52 Å². The summed E-state index contributed by atoms with van der Waals surface area (Å²) >= 11 is 3.39. The lowest BCUT2D eigenvalue weighted by atomic mass is 10.4. The van der Waals surface area contributed by atoms with Crippen LogP contribution in [0.3, 0.4) is 0 Å². The highest BCUT2D eigenvalue weighted by atomic mass is 79.9. The fraction of sp³-hybridized carbons (Fsp3) is 0.400. The van der Waals surface area contributed by atoms with Crippen LogP contribution in [0.4, 0.5) is 11.8 Å². The molecule has 2 aromatic heterocycles. The van der Waals surface area contributed by atoms with Gasteiger partial charge in [0, 0.05) is 25.7 Å². The molecule has 7 nitrogen and oxygen atoms in total. The molecule has 2 heterocycles. The predicted molar refractivity (Wildman–Crippen MR) is 70.4 cm³/mol. The maximum absolute atomic E-state index is 4.91. The van der Waals surface area contributed by atoms with Gasteiger partial charge in [-0.1, -0.05) is 5.16 Å². The third-order valence-corrected chi connectivity index (χ3v) is 2.70. The van der Waals surface area contributed by atoms with Crippen LogP contribution in [0, 0.1) is 0 Å². The van der Waals surface area contributed by atoms with Gasteiger partial charge in [-0.05, 0) is 22.9 Å². The van der Waals surface area contributed by atoms with Crippen LogP contribution in [0.15, 0.2) is 21.5 Å². The zero-order valence-corrected chi connectivity index (χ0v) is 11.4. The first-order chi connectivity index (χ1) is 8.79. The lowest BCUT2D eigenvalue weighted by Crippen LogP contribution is -2.09. The summed E-state index contributed by atoms with van der Waals surface area (Å²) in [4.78, 5) is 12.4. The Morgan fingerprint density at radius 3 is 2.94 bits per heavy atom. The van der Waals surface area contributed by atoms with Gasteiger partial charge in [0.1, 0.15) is 5.82 Å². The van der Waals surface area contributed by atoms with Gasteiger partial charge < -0.3 is 15.2 Å². The second kappa shape index (κ2) is 6.29. The molecule has 0 amide bonds. The summed E-state index contributed by atoms with van der Waals surface area (Å²) in [6.45, 7) is 3.43. The average molecular weight is 313 g/mol. The van der Waals surface area contributed by atoms with Crippen LogP contribution in [0.25, 0.3) is 0 Å². The lowest BCUT2D eigenvalue weighted by Gasteiger charge is -2.08. The van der Waals surface area contributed by atoms with Crippen molar-refractivity contribution in [2.75, 3.05) is 23.7 Å². The van der Waals surface area contributed by atoms with Crippen molar-refractivity contribution in [3.8, 4) is 0 Å². The third-order valence-electron chi connectivity index (χ3n) is 2.12. The van der Waals surface area contributed by atoms with Crippen LogP contribution in [-0.4, -0.2) is 33.2 Å². The Hall–Kier alpha value is -1.70. The van der Waals surface area contributed by atoms with E-state index in [-0.39, 0.29) is 0 Å². The molecule has 2 rings (SSSR count). The molecule has 0 bridgehead atoms. The van der Waals surface area contributed by atoms with Crippen molar-refractivity contribution in [1.82, 2.24) is 20.1 Å². The van der Waals surface area contributed by atoms with Crippen molar-refractivity contribution in [3.63, 3.8) is 0 Å². The SMILES string of the molecule is CCNc1ncc(Br)c(NCCc2ncno2)n1. The minimum atomic E-state index is 0.597. The quantitative estimate of drug-likeness (QED) is 0.839. The van der Waals surface area contributed by atoms with E-state index in [9.17, 15) is 0 Å². The number of hydrogen-bond donors (Lipinski definition) is 2. The molecule has 0 saturated heterocycles. The monoisotopic (exact) mass is 312 g/mol. The van der Waals surface area contributed by atoms with E-state index in [0.717, 1.165) is 16.8 Å². The van der Waals surface area contributed by atoms with Crippen molar-refractivity contribution in [2.45, 2.75) is 13.3 Å². The number of anilines is 2. The van der Waals surface area contributed by atoms with Crippen molar-refractivity contribution in [1.29, 1.82) is 0 Å². The van der Waals surface area contributed by atoms with Gasteiger partial charge in [-0.3, -0.25) is 0 Å². The van der Waals surface area contributed by atoms with Crippen LogP contribution in [0.2, 0.25) is 0 Å². The minimum Gasteiger partial charge on any atom is -0.368 e. The summed E-state index contributed by atoms with van der Waals surface area (Å²) < 4.78 is 5.72. The van der Waals surface area contributed by atoms with Gasteiger partial charge in [0.05, 0.1) is 4.47 Å². The Balaban J connectivity index is 1.93. The van der Waals surface area contributed by atoms with Gasteiger partial charge in [-0.15, -0.1) is 0 Å². The number of aromatic nitrogens is 4. The van der Waals surface area contributed by atoms with E-state index in [1.165, 1.54) is 6.33 Å². The Kier molecular flexibility index (Phi) is 4.46. The summed E-state index contributed by atoms with van der Waals surface area (Å²) in [6.07, 6.45) is 3.74. The maximum atomic E-state index is 4.91. The van der Waals surface area contributed by atoms with E-state index in [1.54, 1.807) is 6.20 Å². The van der Waals surface area contributed by atoms with Crippen molar-refractivity contribution >= 4 is 27.7 Å². The first-order valence-electron chi connectivity index (χ1n) is 5.55. The Bertz CT molecular complexity index is 489. The van der Waals surface area contributed by atoms with Crippen LogP contribution < -0.4 is 10.6 Å². The molecule has 0 unspecified atom stereocenters. The molecule has 8 heteroatoms. The minimum absolute atomic E-state index is 0.597. The zero-order valence-electron chi connectivity index (χ0n) is 9.85. The molecule has 96 valence electrons. The molecule has 0 saturated carbocycles. The Morgan fingerprint density at radius 1 is 1.33 bits per heavy atom. The number of halogens is 1. The van der Waals surface area contributed by atoms with Crippen LogP contribution in [0.5, 0.6) is 0 Å². The zero-order chi connectivity index (χ0) is 12.8. The fourth-order valence-electron chi connectivity index (χ4n) is 1.33. The number of nitrogens with zero attached hydrogens (tertiary/aromatic N) is 4. The fourth-order valence-corrected chi connectivity index (χ4v) is 1.66. The van der Waals surface area contributed by atoms with Crippen LogP contribution >= 0.6 is 15.9 Å². The van der Waals surface area contributed by atoms with Gasteiger partial charge in [-0.25, -0.2) is 4.98 Å². The molecule has 0 aliphatic rings. The second-order valence-corrected chi connectivity index (χ2v) is 4.29. The molecule has 0 fully saturated rings. The van der Waals surface area contributed by atoms with Crippen LogP contribution in [-0.2, 0) is 6.42 Å². The van der Waals surface area contributed by atoms with Gasteiger partial charge in [-0.2, -0.15) is 9.97 Å². The predicted octanol–water partition coefficient (Wildman–Crippen LogP) is 1.71. The third kappa shape index (κ3) is 3.39. The van der Waals surface area contributed by atoms with E-state index in [4.69, 9.17) is 4.52 Å². The average Bonchev–Trinajstić information content (AvgIpc) is 2.86. The van der Waals surface area contributed by atoms with Gasteiger partial charge >= 0.3 is 0 Å². The summed E-state index contributed by atoms with van der Waals surface area (Å²) in [5, 5.41) is 9.78. The largest absolute Gasteiger partial charge is 0.368 e. The highest BCUT2D eigenvalue weighted by Gasteiger charge is 2.05. The van der Waals surface area contributed by atoms with Gasteiger partial charge in [0.2, 0.25) is 11.8 Å². The second-order valence-electron chi connectivity index (χ2n) is 3.43.